The molecular weight excluding hydrogens is 208 g/mol. The van der Waals surface area contributed by atoms with Gasteiger partial charge in [0.1, 0.15) is 0 Å². The third-order valence-corrected chi connectivity index (χ3v) is 5.28. The monoisotopic (exact) mass is 236 g/mol. The molecule has 2 nitrogen and oxygen atoms in total. The molecule has 1 unspecified atom stereocenters. The Bertz CT molecular complexity index is 238. The first-order valence-electron chi connectivity index (χ1n) is 7.77. The van der Waals surface area contributed by atoms with Crippen LogP contribution in [0.4, 0.5) is 0 Å². The van der Waals surface area contributed by atoms with E-state index in [1.54, 1.807) is 0 Å². The summed E-state index contributed by atoms with van der Waals surface area (Å²) < 4.78 is 0. The first-order chi connectivity index (χ1) is 8.33. The van der Waals surface area contributed by atoms with Crippen molar-refractivity contribution in [1.29, 1.82) is 0 Å². The van der Waals surface area contributed by atoms with Crippen LogP contribution in [-0.4, -0.2) is 25.7 Å². The molecule has 2 aliphatic carbocycles. The van der Waals surface area contributed by atoms with Crippen LogP contribution in [0.3, 0.4) is 0 Å². The Morgan fingerprint density at radius 3 is 2.41 bits per heavy atom. The first-order valence-corrected chi connectivity index (χ1v) is 7.77. The molecule has 0 radical (unpaired) electrons. The van der Waals surface area contributed by atoms with Gasteiger partial charge in [-0.3, -0.25) is 0 Å². The topological polar surface area (TPSA) is 24.1 Å². The average Bonchev–Trinajstić information content (AvgIpc) is 3.24. The van der Waals surface area contributed by atoms with Crippen LogP contribution in [0.1, 0.15) is 51.9 Å². The summed E-state index contributed by atoms with van der Waals surface area (Å²) in [5, 5.41) is 7.57. The van der Waals surface area contributed by atoms with Crippen molar-refractivity contribution in [2.45, 2.75) is 57.9 Å². The fourth-order valence-corrected chi connectivity index (χ4v) is 3.57. The minimum atomic E-state index is 0.556. The van der Waals surface area contributed by atoms with Crippen LogP contribution in [0.2, 0.25) is 0 Å². The molecule has 2 heteroatoms. The van der Waals surface area contributed by atoms with Crippen LogP contribution in [0.15, 0.2) is 0 Å². The zero-order valence-electron chi connectivity index (χ0n) is 11.3. The number of hydrogen-bond donors (Lipinski definition) is 2. The summed E-state index contributed by atoms with van der Waals surface area (Å²) >= 11 is 0. The maximum absolute atomic E-state index is 3.97. The van der Waals surface area contributed by atoms with Crippen LogP contribution >= 0.6 is 0 Å². The summed E-state index contributed by atoms with van der Waals surface area (Å²) in [5.41, 5.74) is 0.556. The highest BCUT2D eigenvalue weighted by atomic mass is 15.0. The molecule has 0 aromatic heterocycles. The van der Waals surface area contributed by atoms with Gasteiger partial charge >= 0.3 is 0 Å². The van der Waals surface area contributed by atoms with Crippen LogP contribution < -0.4 is 10.6 Å². The minimum Gasteiger partial charge on any atom is -0.316 e. The Hall–Kier alpha value is -0.0800. The highest BCUT2D eigenvalue weighted by Crippen LogP contribution is 2.45. The molecule has 1 heterocycles. The largest absolute Gasteiger partial charge is 0.316 e. The molecule has 0 aromatic rings. The standard InChI is InChI=1S/C15H28N2/c1-2-15(8-3-9-16-10-15)11-17-14(12-4-5-12)13-6-7-13/h12-14,16-17H,2-11H2,1H3. The molecule has 1 atom stereocenters. The van der Waals surface area contributed by atoms with Crippen molar-refractivity contribution in [3.8, 4) is 0 Å². The lowest BCUT2D eigenvalue weighted by Crippen LogP contribution is -2.49. The zero-order chi connectivity index (χ0) is 11.7. The van der Waals surface area contributed by atoms with E-state index in [-0.39, 0.29) is 0 Å². The predicted molar refractivity (Wildman–Crippen MR) is 72.1 cm³/mol. The maximum Gasteiger partial charge on any atom is 0.0124 e. The summed E-state index contributed by atoms with van der Waals surface area (Å²) in [4.78, 5) is 0. The quantitative estimate of drug-likeness (QED) is 0.740. The van der Waals surface area contributed by atoms with Crippen molar-refractivity contribution in [3.63, 3.8) is 0 Å². The average molecular weight is 236 g/mol. The van der Waals surface area contributed by atoms with Gasteiger partial charge in [-0.1, -0.05) is 6.92 Å². The van der Waals surface area contributed by atoms with E-state index in [0.29, 0.717) is 5.41 Å². The van der Waals surface area contributed by atoms with Crippen molar-refractivity contribution in [2.24, 2.45) is 17.3 Å². The molecule has 0 spiro atoms. The SMILES string of the molecule is CCC1(CNC(C2CC2)C2CC2)CCCNC1. The van der Waals surface area contributed by atoms with E-state index < -0.39 is 0 Å². The Labute approximate surface area is 106 Å². The molecule has 3 fully saturated rings. The van der Waals surface area contributed by atoms with Crippen molar-refractivity contribution in [1.82, 2.24) is 10.6 Å². The zero-order valence-corrected chi connectivity index (χ0v) is 11.3. The molecule has 1 saturated heterocycles. The molecule has 1 aliphatic heterocycles. The lowest BCUT2D eigenvalue weighted by Gasteiger charge is -2.38. The molecule has 0 bridgehead atoms. The Morgan fingerprint density at radius 2 is 1.94 bits per heavy atom. The Morgan fingerprint density at radius 1 is 1.24 bits per heavy atom. The van der Waals surface area contributed by atoms with Gasteiger partial charge in [-0.15, -0.1) is 0 Å². The molecule has 2 N–H and O–H groups in total. The fraction of sp³-hybridized carbons (Fsp3) is 1.00. The van der Waals surface area contributed by atoms with Gasteiger partial charge in [0, 0.05) is 19.1 Å². The van der Waals surface area contributed by atoms with Gasteiger partial charge in [0.05, 0.1) is 0 Å². The van der Waals surface area contributed by atoms with Crippen LogP contribution in [0.5, 0.6) is 0 Å². The predicted octanol–water partition coefficient (Wildman–Crippen LogP) is 2.54. The summed E-state index contributed by atoms with van der Waals surface area (Å²) in [6, 6.07) is 0.875. The molecular formula is C15H28N2. The smallest absolute Gasteiger partial charge is 0.0124 e. The third kappa shape index (κ3) is 2.85. The minimum absolute atomic E-state index is 0.556. The number of rotatable bonds is 6. The number of hydrogen-bond acceptors (Lipinski definition) is 2. The maximum atomic E-state index is 3.97. The second kappa shape index (κ2) is 4.89. The van der Waals surface area contributed by atoms with Crippen LogP contribution in [-0.2, 0) is 0 Å². The third-order valence-electron chi connectivity index (χ3n) is 5.28. The Kier molecular flexibility index (Phi) is 3.45. The summed E-state index contributed by atoms with van der Waals surface area (Å²) in [6.45, 7) is 6.10. The van der Waals surface area contributed by atoms with E-state index in [1.165, 1.54) is 64.6 Å². The molecule has 3 rings (SSSR count). The molecule has 17 heavy (non-hydrogen) atoms. The second-order valence-corrected chi connectivity index (χ2v) is 6.72. The molecule has 0 aromatic carbocycles. The van der Waals surface area contributed by atoms with E-state index in [0.717, 1.165) is 17.9 Å². The highest BCUT2D eigenvalue weighted by molar-refractivity contribution is 4.98. The molecule has 2 saturated carbocycles. The van der Waals surface area contributed by atoms with Crippen molar-refractivity contribution >= 4 is 0 Å². The van der Waals surface area contributed by atoms with Crippen molar-refractivity contribution < 1.29 is 0 Å². The highest BCUT2D eigenvalue weighted by Gasteiger charge is 2.42. The van der Waals surface area contributed by atoms with Crippen LogP contribution in [0, 0.1) is 17.3 Å². The lowest BCUT2D eigenvalue weighted by molar-refractivity contribution is 0.179. The van der Waals surface area contributed by atoms with Crippen molar-refractivity contribution in [2.75, 3.05) is 19.6 Å². The molecule has 98 valence electrons. The van der Waals surface area contributed by atoms with Crippen molar-refractivity contribution in [3.05, 3.63) is 0 Å². The summed E-state index contributed by atoms with van der Waals surface area (Å²) in [5.74, 6) is 2.07. The van der Waals surface area contributed by atoms with Gasteiger partial charge in [0.25, 0.3) is 0 Å². The van der Waals surface area contributed by atoms with Gasteiger partial charge < -0.3 is 10.6 Å². The number of nitrogens with one attached hydrogen (secondary N) is 2. The van der Waals surface area contributed by atoms with Gasteiger partial charge in [-0.25, -0.2) is 0 Å². The van der Waals surface area contributed by atoms with Crippen LogP contribution in [0.25, 0.3) is 0 Å². The second-order valence-electron chi connectivity index (χ2n) is 6.72. The van der Waals surface area contributed by atoms with Gasteiger partial charge in [0.15, 0.2) is 0 Å². The normalized spacial score (nSPS) is 34.2. The Balaban J connectivity index is 1.53. The number of piperidine rings is 1. The molecule has 3 aliphatic rings. The first kappa shape index (κ1) is 12.0. The van der Waals surface area contributed by atoms with E-state index in [9.17, 15) is 0 Å². The van der Waals surface area contributed by atoms with E-state index in [1.807, 2.05) is 0 Å². The fourth-order valence-electron chi connectivity index (χ4n) is 3.57. The summed E-state index contributed by atoms with van der Waals surface area (Å²) in [7, 11) is 0. The lowest BCUT2D eigenvalue weighted by atomic mass is 9.78. The summed E-state index contributed by atoms with van der Waals surface area (Å²) in [6.07, 6.45) is 10.1. The van der Waals surface area contributed by atoms with E-state index >= 15 is 0 Å². The van der Waals surface area contributed by atoms with E-state index in [2.05, 4.69) is 17.6 Å². The van der Waals surface area contributed by atoms with Gasteiger partial charge in [0.2, 0.25) is 0 Å². The van der Waals surface area contributed by atoms with E-state index in [4.69, 9.17) is 0 Å². The van der Waals surface area contributed by atoms with Gasteiger partial charge in [-0.2, -0.15) is 0 Å². The van der Waals surface area contributed by atoms with Gasteiger partial charge in [-0.05, 0) is 68.7 Å². The molecule has 0 amide bonds.